The minimum absolute atomic E-state index is 0.0465. The van der Waals surface area contributed by atoms with Crippen molar-refractivity contribution in [3.05, 3.63) is 51.2 Å². The summed E-state index contributed by atoms with van der Waals surface area (Å²) in [6.45, 7) is 5.43. The van der Waals surface area contributed by atoms with Crippen LogP contribution in [0.4, 0.5) is 5.69 Å². The van der Waals surface area contributed by atoms with Crippen LogP contribution in [0.25, 0.3) is 0 Å². The fourth-order valence-corrected chi connectivity index (χ4v) is 4.40. The molecule has 2 amide bonds. The van der Waals surface area contributed by atoms with Gasteiger partial charge in [-0.25, -0.2) is 0 Å². The summed E-state index contributed by atoms with van der Waals surface area (Å²) in [5.74, 6) is 0.711. The fourth-order valence-electron chi connectivity index (χ4n) is 3.51. The quantitative estimate of drug-likeness (QED) is 0.910. The number of rotatable bonds is 3. The number of amides is 2. The molecule has 0 unspecified atom stereocenters. The Bertz CT molecular complexity index is 842. The predicted molar refractivity (Wildman–Crippen MR) is 99.8 cm³/mol. The Morgan fingerprint density at radius 2 is 2.08 bits per heavy atom. The fraction of sp³-hybridized carbons (Fsp3) is 0.400. The normalized spacial score (nSPS) is 21.6. The number of fused-ring (bicyclic) bond motifs is 1. The monoisotopic (exact) mass is 354 g/mol. The maximum Gasteiger partial charge on any atom is 0.254 e. The molecule has 2 heterocycles. The molecule has 2 atom stereocenters. The first kappa shape index (κ1) is 16.3. The van der Waals surface area contributed by atoms with Crippen LogP contribution < -0.4 is 5.32 Å². The lowest BCUT2D eigenvalue weighted by molar-refractivity contribution is -0.117. The van der Waals surface area contributed by atoms with Gasteiger partial charge in [-0.3, -0.25) is 9.59 Å². The van der Waals surface area contributed by atoms with E-state index < -0.39 is 0 Å². The molecule has 0 radical (unpaired) electrons. The highest BCUT2D eigenvalue weighted by Crippen LogP contribution is 2.38. The molecule has 2 aliphatic rings. The molecule has 0 spiro atoms. The van der Waals surface area contributed by atoms with Crippen molar-refractivity contribution >= 4 is 28.8 Å². The van der Waals surface area contributed by atoms with Gasteiger partial charge in [-0.2, -0.15) is 0 Å². The van der Waals surface area contributed by atoms with Crippen molar-refractivity contribution in [2.45, 2.75) is 33.2 Å². The molecule has 1 aromatic heterocycles. The first-order valence-electron chi connectivity index (χ1n) is 8.79. The van der Waals surface area contributed by atoms with Crippen LogP contribution in [0.3, 0.4) is 0 Å². The number of nitrogens with zero attached hydrogens (tertiary/aromatic N) is 1. The molecule has 4 nitrogen and oxygen atoms in total. The smallest absolute Gasteiger partial charge is 0.254 e. The van der Waals surface area contributed by atoms with Crippen LogP contribution in [-0.4, -0.2) is 23.3 Å². The first-order chi connectivity index (χ1) is 12.0. The van der Waals surface area contributed by atoms with E-state index >= 15 is 0 Å². The molecule has 4 rings (SSSR count). The van der Waals surface area contributed by atoms with Gasteiger partial charge >= 0.3 is 0 Å². The van der Waals surface area contributed by atoms with Gasteiger partial charge < -0.3 is 10.2 Å². The van der Waals surface area contributed by atoms with Crippen molar-refractivity contribution in [3.63, 3.8) is 0 Å². The second-order valence-corrected chi connectivity index (χ2v) is 8.13. The summed E-state index contributed by atoms with van der Waals surface area (Å²) in [4.78, 5) is 28.5. The number of benzene rings is 1. The van der Waals surface area contributed by atoms with Gasteiger partial charge in [0.1, 0.15) is 0 Å². The summed E-state index contributed by atoms with van der Waals surface area (Å²) in [6, 6.07) is 7.70. The third-order valence-corrected chi connectivity index (χ3v) is 6.39. The maximum absolute atomic E-state index is 13.0. The van der Waals surface area contributed by atoms with Crippen LogP contribution in [0.1, 0.15) is 39.7 Å². The molecule has 0 bridgehead atoms. The highest BCUT2D eigenvalue weighted by Gasteiger charge is 2.39. The van der Waals surface area contributed by atoms with Gasteiger partial charge in [-0.1, -0.05) is 13.0 Å². The summed E-state index contributed by atoms with van der Waals surface area (Å²) in [7, 11) is 0. The third-order valence-electron chi connectivity index (χ3n) is 5.36. The second-order valence-electron chi connectivity index (χ2n) is 7.13. The van der Waals surface area contributed by atoms with Gasteiger partial charge in [0, 0.05) is 35.1 Å². The number of hydrogen-bond donors (Lipinski definition) is 1. The maximum atomic E-state index is 13.0. The first-order valence-corrected chi connectivity index (χ1v) is 9.67. The molecular weight excluding hydrogens is 332 g/mol. The average Bonchev–Trinajstić information content (AvgIpc) is 3.16. The minimum atomic E-state index is 0.0465. The van der Waals surface area contributed by atoms with Crippen molar-refractivity contribution in [1.82, 2.24) is 4.90 Å². The summed E-state index contributed by atoms with van der Waals surface area (Å²) in [5, 5.41) is 5.10. The lowest BCUT2D eigenvalue weighted by Crippen LogP contribution is -2.35. The van der Waals surface area contributed by atoms with Crippen molar-refractivity contribution in [2.75, 3.05) is 11.9 Å². The molecule has 0 saturated heterocycles. The van der Waals surface area contributed by atoms with Gasteiger partial charge in [0.15, 0.2) is 0 Å². The van der Waals surface area contributed by atoms with Crippen molar-refractivity contribution in [3.8, 4) is 0 Å². The van der Waals surface area contributed by atoms with Crippen LogP contribution in [0.5, 0.6) is 0 Å². The Labute approximate surface area is 151 Å². The molecule has 1 aliphatic heterocycles. The predicted octanol–water partition coefficient (Wildman–Crippen LogP) is 3.85. The Morgan fingerprint density at radius 3 is 2.84 bits per heavy atom. The van der Waals surface area contributed by atoms with Crippen LogP contribution in [0.15, 0.2) is 29.6 Å². The largest absolute Gasteiger partial charge is 0.334 e. The number of anilines is 1. The molecule has 130 valence electrons. The average molecular weight is 354 g/mol. The number of carbonyl (C=O) groups is 2. The Kier molecular flexibility index (Phi) is 4.12. The topological polar surface area (TPSA) is 49.4 Å². The summed E-state index contributed by atoms with van der Waals surface area (Å²) < 4.78 is 0. The van der Waals surface area contributed by atoms with E-state index in [9.17, 15) is 9.59 Å². The van der Waals surface area contributed by atoms with Gasteiger partial charge in [-0.05, 0) is 60.4 Å². The van der Waals surface area contributed by atoms with Gasteiger partial charge in [0.2, 0.25) is 5.91 Å². The highest BCUT2D eigenvalue weighted by atomic mass is 32.1. The second kappa shape index (κ2) is 6.30. The molecule has 1 aromatic carbocycles. The minimum Gasteiger partial charge on any atom is -0.334 e. The zero-order chi connectivity index (χ0) is 17.6. The van der Waals surface area contributed by atoms with E-state index in [1.165, 1.54) is 10.4 Å². The van der Waals surface area contributed by atoms with Crippen molar-refractivity contribution in [2.24, 2.45) is 11.8 Å². The molecule has 1 N–H and O–H groups in total. The van der Waals surface area contributed by atoms with E-state index in [1.54, 1.807) is 11.3 Å². The highest BCUT2D eigenvalue weighted by molar-refractivity contribution is 7.10. The van der Waals surface area contributed by atoms with E-state index in [0.717, 1.165) is 30.6 Å². The number of hydrogen-bond acceptors (Lipinski definition) is 3. The lowest BCUT2D eigenvalue weighted by atomic mass is 10.0. The molecule has 1 fully saturated rings. The molecular formula is C20H22N2O2S. The molecule has 1 saturated carbocycles. The van der Waals surface area contributed by atoms with E-state index in [2.05, 4.69) is 23.7 Å². The van der Waals surface area contributed by atoms with Crippen LogP contribution >= 0.6 is 11.3 Å². The van der Waals surface area contributed by atoms with Gasteiger partial charge in [0.25, 0.3) is 5.91 Å². The summed E-state index contributed by atoms with van der Waals surface area (Å²) in [5.41, 5.74) is 3.54. The van der Waals surface area contributed by atoms with Gasteiger partial charge in [0.05, 0.1) is 0 Å². The molecule has 5 heteroatoms. The zero-order valence-electron chi connectivity index (χ0n) is 14.5. The Balaban J connectivity index is 1.53. The van der Waals surface area contributed by atoms with E-state index in [0.29, 0.717) is 18.0 Å². The van der Waals surface area contributed by atoms with E-state index in [-0.39, 0.29) is 17.7 Å². The summed E-state index contributed by atoms with van der Waals surface area (Å²) in [6.07, 6.45) is 1.88. The molecule has 1 aliphatic carbocycles. The van der Waals surface area contributed by atoms with Crippen molar-refractivity contribution < 1.29 is 9.59 Å². The zero-order valence-corrected chi connectivity index (χ0v) is 15.4. The van der Waals surface area contributed by atoms with E-state index in [4.69, 9.17) is 0 Å². The lowest BCUT2D eigenvalue weighted by Gasteiger charge is -2.28. The number of thiophene rings is 1. The molecule has 25 heavy (non-hydrogen) atoms. The van der Waals surface area contributed by atoms with Crippen LogP contribution in [0, 0.1) is 18.8 Å². The Morgan fingerprint density at radius 1 is 1.28 bits per heavy atom. The van der Waals surface area contributed by atoms with Crippen molar-refractivity contribution in [1.29, 1.82) is 0 Å². The van der Waals surface area contributed by atoms with Crippen LogP contribution in [0.2, 0.25) is 0 Å². The number of nitrogens with one attached hydrogen (secondary N) is 1. The molecule has 2 aromatic rings. The Hall–Kier alpha value is -2.14. The standard InChI is InChI=1S/C20H22N2O2S/c1-12-10-16(12)19(23)21-17-5-3-4-15(13(17)2)20(24)22-8-6-18-14(11-22)7-9-25-18/h3-5,7,9,12,16H,6,8,10-11H2,1-2H3,(H,21,23)/t12-,16-/m0/s1. The van der Waals surface area contributed by atoms with E-state index in [1.807, 2.05) is 30.0 Å². The summed E-state index contributed by atoms with van der Waals surface area (Å²) >= 11 is 1.77. The van der Waals surface area contributed by atoms with Gasteiger partial charge in [-0.15, -0.1) is 11.3 Å². The third kappa shape index (κ3) is 3.09. The number of carbonyl (C=O) groups excluding carboxylic acids is 2. The van der Waals surface area contributed by atoms with Crippen LogP contribution in [-0.2, 0) is 17.8 Å². The SMILES string of the molecule is Cc1c(NC(=O)[C@H]2C[C@@H]2C)cccc1C(=O)N1CCc2sccc2C1.